The van der Waals surface area contributed by atoms with Gasteiger partial charge in [-0.1, -0.05) is 78.1 Å². The molecule has 0 unspecified atom stereocenters. The van der Waals surface area contributed by atoms with Gasteiger partial charge in [0.15, 0.2) is 0 Å². The van der Waals surface area contributed by atoms with Gasteiger partial charge in [-0.05, 0) is 74.9 Å². The summed E-state index contributed by atoms with van der Waals surface area (Å²) >= 11 is 6.00. The molecule has 3 rings (SSSR count). The van der Waals surface area contributed by atoms with Gasteiger partial charge in [-0.15, -0.1) is 34.0 Å². The summed E-state index contributed by atoms with van der Waals surface area (Å²) in [7, 11) is 0. The largest absolute Gasteiger partial charge is 0.139 e. The fraction of sp³-hybridized carbons (Fsp3) is 0.600. The van der Waals surface area contributed by atoms with Crippen LogP contribution in [0.25, 0.3) is 19.5 Å². The minimum atomic E-state index is 1.24. The molecule has 3 heteroatoms. The molecule has 33 heavy (non-hydrogen) atoms. The van der Waals surface area contributed by atoms with Gasteiger partial charge < -0.3 is 0 Å². The van der Waals surface area contributed by atoms with E-state index in [4.69, 9.17) is 0 Å². The highest BCUT2D eigenvalue weighted by Crippen LogP contribution is 2.43. The van der Waals surface area contributed by atoms with Crippen LogP contribution in [0, 0.1) is 13.8 Å². The van der Waals surface area contributed by atoms with E-state index in [0.717, 1.165) is 0 Å². The molecule has 0 amide bonds. The first-order valence-corrected chi connectivity index (χ1v) is 15.9. The van der Waals surface area contributed by atoms with Crippen molar-refractivity contribution in [3.63, 3.8) is 0 Å². The number of rotatable bonds is 16. The molecule has 0 nitrogen and oxygen atoms in total. The minimum absolute atomic E-state index is 1.24. The lowest BCUT2D eigenvalue weighted by Crippen LogP contribution is -1.86. The lowest BCUT2D eigenvalue weighted by molar-refractivity contribution is 0.608. The predicted molar refractivity (Wildman–Crippen MR) is 155 cm³/mol. The second-order valence-corrected chi connectivity index (χ2v) is 13.2. The van der Waals surface area contributed by atoms with Crippen LogP contribution in [0.4, 0.5) is 0 Å². The van der Waals surface area contributed by atoms with Crippen molar-refractivity contribution in [3.05, 3.63) is 45.1 Å². The summed E-state index contributed by atoms with van der Waals surface area (Å²) in [5.41, 5.74) is 3.16. The molecule has 0 radical (unpaired) electrons. The zero-order chi connectivity index (χ0) is 23.5. The molecule has 3 aromatic heterocycles. The lowest BCUT2D eigenvalue weighted by Gasteiger charge is -2.04. The molecule has 0 fully saturated rings. The second kappa shape index (κ2) is 14.5. The van der Waals surface area contributed by atoms with Gasteiger partial charge in [-0.3, -0.25) is 0 Å². The van der Waals surface area contributed by atoms with Crippen molar-refractivity contribution in [1.29, 1.82) is 0 Å². The average molecular weight is 501 g/mol. The molecule has 0 spiro atoms. The highest BCUT2D eigenvalue weighted by Gasteiger charge is 2.15. The molecule has 0 N–H and O–H groups in total. The maximum Gasteiger partial charge on any atom is 0.0477 e. The quantitative estimate of drug-likeness (QED) is 0.171. The zero-order valence-electron chi connectivity index (χ0n) is 21.4. The van der Waals surface area contributed by atoms with Crippen LogP contribution < -0.4 is 0 Å². The Morgan fingerprint density at radius 1 is 0.515 bits per heavy atom. The summed E-state index contributed by atoms with van der Waals surface area (Å²) in [6, 6.07) is 9.68. The summed E-state index contributed by atoms with van der Waals surface area (Å²) in [4.78, 5) is 8.92. The molecule has 0 aliphatic heterocycles. The molecule has 3 heterocycles. The average Bonchev–Trinajstić information content (AvgIpc) is 3.51. The fourth-order valence-electron chi connectivity index (χ4n) is 4.70. The van der Waals surface area contributed by atoms with Crippen molar-refractivity contribution in [1.82, 2.24) is 0 Å². The van der Waals surface area contributed by atoms with Crippen LogP contribution in [0.15, 0.2) is 24.3 Å². The molecule has 3 aromatic rings. The lowest BCUT2D eigenvalue weighted by atomic mass is 10.0. The first-order valence-electron chi connectivity index (χ1n) is 13.4. The monoisotopic (exact) mass is 500 g/mol. The van der Waals surface area contributed by atoms with Crippen LogP contribution in [0.1, 0.15) is 112 Å². The smallest absolute Gasteiger partial charge is 0.0477 e. The number of thiophene rings is 3. The van der Waals surface area contributed by atoms with Gasteiger partial charge in [0.1, 0.15) is 0 Å². The van der Waals surface area contributed by atoms with Crippen LogP contribution in [0.2, 0.25) is 0 Å². The molecule has 0 saturated heterocycles. The van der Waals surface area contributed by atoms with Gasteiger partial charge in [0.2, 0.25) is 0 Å². The van der Waals surface area contributed by atoms with Gasteiger partial charge in [0.25, 0.3) is 0 Å². The first kappa shape index (κ1) is 26.7. The normalized spacial score (nSPS) is 11.5. The van der Waals surface area contributed by atoms with E-state index in [1.807, 2.05) is 34.0 Å². The molecule has 0 saturated carbocycles. The van der Waals surface area contributed by atoms with E-state index < -0.39 is 0 Å². The molecule has 182 valence electrons. The van der Waals surface area contributed by atoms with Crippen molar-refractivity contribution in [2.45, 2.75) is 118 Å². The highest BCUT2D eigenvalue weighted by atomic mass is 32.1. The summed E-state index contributed by atoms with van der Waals surface area (Å²) in [6.45, 7) is 9.14. The van der Waals surface area contributed by atoms with Crippen LogP contribution >= 0.6 is 34.0 Å². The van der Waals surface area contributed by atoms with E-state index in [1.165, 1.54) is 119 Å². The highest BCUT2D eigenvalue weighted by molar-refractivity contribution is 7.26. The molecular weight excluding hydrogens is 457 g/mol. The van der Waals surface area contributed by atoms with Crippen LogP contribution in [-0.4, -0.2) is 0 Å². The Morgan fingerprint density at radius 3 is 1.33 bits per heavy atom. The summed E-state index contributed by atoms with van der Waals surface area (Å²) < 4.78 is 0. The SMILES string of the molecule is CCCCCCCCc1cc(C)sc1-c1ccc(-c2sc(C)cc2CCCCCCCC)s1. The van der Waals surface area contributed by atoms with E-state index in [1.54, 1.807) is 11.1 Å². The summed E-state index contributed by atoms with van der Waals surface area (Å²) in [5, 5.41) is 0. The Hall–Kier alpha value is -0.900. The molecule has 0 aliphatic rings. The number of hydrogen-bond acceptors (Lipinski definition) is 3. The maximum atomic E-state index is 2.45. The van der Waals surface area contributed by atoms with Crippen molar-refractivity contribution in [3.8, 4) is 19.5 Å². The molecule has 0 aliphatic carbocycles. The van der Waals surface area contributed by atoms with Gasteiger partial charge in [-0.2, -0.15) is 0 Å². The standard InChI is InChI=1S/C30H44S3/c1-5-7-9-11-13-15-17-25-21-23(3)31-29(25)27-19-20-28(33-27)30-26(22-24(4)32-30)18-16-14-12-10-8-6-2/h19-22H,5-18H2,1-4H3. The third-order valence-corrected chi connectivity index (χ3v) is 10.1. The Labute approximate surface area is 215 Å². The van der Waals surface area contributed by atoms with E-state index in [9.17, 15) is 0 Å². The van der Waals surface area contributed by atoms with Crippen molar-refractivity contribution < 1.29 is 0 Å². The third kappa shape index (κ3) is 8.37. The van der Waals surface area contributed by atoms with E-state index in [0.29, 0.717) is 0 Å². The number of hydrogen-bond donors (Lipinski definition) is 0. The maximum absolute atomic E-state index is 2.45. The number of unbranched alkanes of at least 4 members (excludes halogenated alkanes) is 10. The van der Waals surface area contributed by atoms with Gasteiger partial charge >= 0.3 is 0 Å². The number of aryl methyl sites for hydroxylation is 4. The first-order chi connectivity index (χ1) is 16.1. The Bertz CT molecular complexity index is 865. The van der Waals surface area contributed by atoms with E-state index in [2.05, 4.69) is 52.0 Å². The Balaban J connectivity index is 1.63. The third-order valence-electron chi connectivity index (χ3n) is 6.52. The molecule has 0 bridgehead atoms. The van der Waals surface area contributed by atoms with Crippen molar-refractivity contribution >= 4 is 34.0 Å². The van der Waals surface area contributed by atoms with E-state index in [-0.39, 0.29) is 0 Å². The zero-order valence-corrected chi connectivity index (χ0v) is 23.9. The van der Waals surface area contributed by atoms with Gasteiger partial charge in [-0.25, -0.2) is 0 Å². The fourth-order valence-corrected chi connectivity index (χ4v) is 8.12. The van der Waals surface area contributed by atoms with Crippen LogP contribution in [0.5, 0.6) is 0 Å². The second-order valence-electron chi connectivity index (χ2n) is 9.62. The Morgan fingerprint density at radius 2 is 0.909 bits per heavy atom. The van der Waals surface area contributed by atoms with Crippen molar-refractivity contribution in [2.75, 3.05) is 0 Å². The van der Waals surface area contributed by atoms with Crippen molar-refractivity contribution in [2.24, 2.45) is 0 Å². The van der Waals surface area contributed by atoms with Gasteiger partial charge in [0, 0.05) is 29.3 Å². The van der Waals surface area contributed by atoms with Crippen LogP contribution in [0.3, 0.4) is 0 Å². The summed E-state index contributed by atoms with van der Waals surface area (Å²) in [6.07, 6.45) is 18.9. The van der Waals surface area contributed by atoms with Gasteiger partial charge in [0.05, 0.1) is 0 Å². The Kier molecular flexibility index (Phi) is 11.7. The minimum Gasteiger partial charge on any atom is -0.139 e. The molecule has 0 atom stereocenters. The van der Waals surface area contributed by atoms with E-state index >= 15 is 0 Å². The topological polar surface area (TPSA) is 0 Å². The summed E-state index contributed by atoms with van der Waals surface area (Å²) in [5.74, 6) is 0. The predicted octanol–water partition coefficient (Wildman–Crippen LogP) is 11.6. The molecule has 0 aromatic carbocycles. The van der Waals surface area contributed by atoms with Crippen LogP contribution in [-0.2, 0) is 12.8 Å². The molecular formula is C30H44S3.